The second kappa shape index (κ2) is 10.6. The minimum absolute atomic E-state index is 0.0278. The first-order valence-corrected chi connectivity index (χ1v) is 6.48. The zero-order valence-electron chi connectivity index (χ0n) is 13.1. The molecule has 0 unspecified atom stereocenters. The third kappa shape index (κ3) is 14.6. The van der Waals surface area contributed by atoms with Gasteiger partial charge in [-0.3, -0.25) is 9.59 Å². The average Bonchev–Trinajstić information content (AvgIpc) is 2.35. The molecule has 0 radical (unpaired) electrons. The highest BCUT2D eigenvalue weighted by Crippen LogP contribution is 2.05. The number of nitrogens with one attached hydrogen (secondary N) is 2. The molecule has 112 valence electrons. The number of hydrogen-bond acceptors (Lipinski definition) is 3. The first-order valence-electron chi connectivity index (χ1n) is 6.48. The molecule has 19 heavy (non-hydrogen) atoms. The van der Waals surface area contributed by atoms with Crippen LogP contribution in [0.3, 0.4) is 0 Å². The van der Waals surface area contributed by atoms with Crippen molar-refractivity contribution < 1.29 is 14.3 Å². The summed E-state index contributed by atoms with van der Waals surface area (Å²) in [7, 11) is 1.59. The van der Waals surface area contributed by atoms with Crippen LogP contribution in [0.15, 0.2) is 12.2 Å². The summed E-state index contributed by atoms with van der Waals surface area (Å²) in [5.74, 6) is -0.116. The topological polar surface area (TPSA) is 67.4 Å². The highest BCUT2D eigenvalue weighted by molar-refractivity contribution is 5.92. The minimum atomic E-state index is -0.230. The molecular formula is C14H28N2O3. The largest absolute Gasteiger partial charge is 0.366 e. The molecule has 0 heterocycles. The second-order valence-electron chi connectivity index (χ2n) is 4.89. The number of carbonyl (C=O) groups is 2. The summed E-state index contributed by atoms with van der Waals surface area (Å²) in [6.07, 6.45) is 0.728. The van der Waals surface area contributed by atoms with Gasteiger partial charge < -0.3 is 15.4 Å². The lowest BCUT2D eigenvalue weighted by Crippen LogP contribution is -2.29. The Morgan fingerprint density at radius 1 is 1.21 bits per heavy atom. The maximum Gasteiger partial charge on any atom is 0.246 e. The van der Waals surface area contributed by atoms with Gasteiger partial charge >= 0.3 is 0 Å². The quantitative estimate of drug-likeness (QED) is 0.748. The van der Waals surface area contributed by atoms with E-state index >= 15 is 0 Å². The number of rotatable bonds is 5. The van der Waals surface area contributed by atoms with Gasteiger partial charge in [-0.05, 0) is 34.1 Å². The van der Waals surface area contributed by atoms with E-state index in [-0.39, 0.29) is 24.0 Å². The van der Waals surface area contributed by atoms with Gasteiger partial charge in [0.1, 0.15) is 6.61 Å². The van der Waals surface area contributed by atoms with Crippen molar-refractivity contribution in [2.24, 2.45) is 0 Å². The van der Waals surface area contributed by atoms with Crippen LogP contribution in [0.2, 0.25) is 0 Å². The molecule has 0 aromatic carbocycles. The predicted molar refractivity (Wildman–Crippen MR) is 77.9 cm³/mol. The van der Waals surface area contributed by atoms with E-state index in [1.807, 2.05) is 34.6 Å². The van der Waals surface area contributed by atoms with Crippen LogP contribution in [0.5, 0.6) is 0 Å². The molecule has 2 amide bonds. The van der Waals surface area contributed by atoms with E-state index in [9.17, 15) is 9.59 Å². The maximum atomic E-state index is 10.8. The molecule has 0 rings (SSSR count). The van der Waals surface area contributed by atoms with Gasteiger partial charge in [0.15, 0.2) is 0 Å². The smallest absolute Gasteiger partial charge is 0.246 e. The fraction of sp³-hybridized carbons (Fsp3) is 0.714. The fourth-order valence-corrected chi connectivity index (χ4v) is 0.800. The Balaban J connectivity index is 0. The van der Waals surface area contributed by atoms with Crippen LogP contribution >= 0.6 is 0 Å². The highest BCUT2D eigenvalue weighted by Gasteiger charge is 2.11. The van der Waals surface area contributed by atoms with Gasteiger partial charge in [0, 0.05) is 19.2 Å². The van der Waals surface area contributed by atoms with E-state index in [0.717, 1.165) is 6.42 Å². The standard InChI is InChI=1S/C7H15NO2.C7H13NO/c1-7(2,3)10-5-6(9)8-4;1-4-6(3)7(9)8-5-2/h5H2,1-4H3,(H,8,9);3-5H2,1-2H3,(H,8,9). The van der Waals surface area contributed by atoms with Crippen molar-refractivity contribution in [1.82, 2.24) is 10.6 Å². The maximum absolute atomic E-state index is 10.8. The van der Waals surface area contributed by atoms with Crippen LogP contribution < -0.4 is 10.6 Å². The normalized spacial score (nSPS) is 10.0. The predicted octanol–water partition coefficient (Wildman–Crippen LogP) is 1.64. The number of amides is 2. The summed E-state index contributed by atoms with van der Waals surface area (Å²) < 4.78 is 5.17. The average molecular weight is 272 g/mol. The number of hydrogen-bond donors (Lipinski definition) is 2. The third-order valence-corrected chi connectivity index (χ3v) is 2.00. The van der Waals surface area contributed by atoms with Crippen LogP contribution in [-0.2, 0) is 14.3 Å². The van der Waals surface area contributed by atoms with Gasteiger partial charge in [-0.2, -0.15) is 0 Å². The molecule has 0 saturated heterocycles. The Labute approximate surface area is 116 Å². The summed E-state index contributed by atoms with van der Waals surface area (Å²) in [6.45, 7) is 13.9. The molecule has 0 spiro atoms. The van der Waals surface area contributed by atoms with Crippen molar-refractivity contribution >= 4 is 11.8 Å². The van der Waals surface area contributed by atoms with Crippen LogP contribution in [0.4, 0.5) is 0 Å². The van der Waals surface area contributed by atoms with Crippen LogP contribution in [0, 0.1) is 0 Å². The lowest BCUT2D eigenvalue weighted by Gasteiger charge is -2.18. The van der Waals surface area contributed by atoms with E-state index in [0.29, 0.717) is 12.1 Å². The number of ether oxygens (including phenoxy) is 1. The van der Waals surface area contributed by atoms with Crippen molar-refractivity contribution in [1.29, 1.82) is 0 Å². The minimum Gasteiger partial charge on any atom is -0.366 e. The van der Waals surface area contributed by atoms with Gasteiger partial charge in [-0.15, -0.1) is 0 Å². The summed E-state index contributed by atoms with van der Waals surface area (Å²) >= 11 is 0. The molecule has 0 bridgehead atoms. The second-order valence-corrected chi connectivity index (χ2v) is 4.89. The highest BCUT2D eigenvalue weighted by atomic mass is 16.5. The first kappa shape index (κ1) is 20.0. The van der Waals surface area contributed by atoms with Crippen LogP contribution in [-0.4, -0.2) is 37.6 Å². The first-order chi connectivity index (χ1) is 8.67. The lowest BCUT2D eigenvalue weighted by atomic mass is 10.2. The van der Waals surface area contributed by atoms with Gasteiger partial charge in [0.2, 0.25) is 11.8 Å². The van der Waals surface area contributed by atoms with Crippen molar-refractivity contribution in [3.63, 3.8) is 0 Å². The Kier molecular flexibility index (Phi) is 11.1. The molecular weight excluding hydrogens is 244 g/mol. The summed E-state index contributed by atoms with van der Waals surface area (Å²) in [5, 5.41) is 5.13. The van der Waals surface area contributed by atoms with E-state index in [1.165, 1.54) is 0 Å². The molecule has 0 aromatic rings. The van der Waals surface area contributed by atoms with E-state index in [2.05, 4.69) is 17.2 Å². The monoisotopic (exact) mass is 272 g/mol. The van der Waals surface area contributed by atoms with E-state index < -0.39 is 0 Å². The van der Waals surface area contributed by atoms with Crippen molar-refractivity contribution in [2.45, 2.75) is 46.6 Å². The Morgan fingerprint density at radius 2 is 1.74 bits per heavy atom. The molecule has 5 nitrogen and oxygen atoms in total. The molecule has 0 aliphatic carbocycles. The molecule has 0 aliphatic heterocycles. The molecule has 2 N–H and O–H groups in total. The summed E-state index contributed by atoms with van der Waals surface area (Å²) in [4.78, 5) is 21.4. The molecule has 0 saturated carbocycles. The van der Waals surface area contributed by atoms with Gasteiger partial charge in [0.05, 0.1) is 5.60 Å². The fourth-order valence-electron chi connectivity index (χ4n) is 0.800. The Morgan fingerprint density at radius 3 is 2.05 bits per heavy atom. The Bertz CT molecular complexity index is 294. The summed E-state index contributed by atoms with van der Waals surface area (Å²) in [5.41, 5.74) is 0.420. The SMILES string of the molecule is C=C(CC)C(=O)NCC.CNC(=O)COC(C)(C)C. The van der Waals surface area contributed by atoms with Gasteiger partial charge in [0.25, 0.3) is 0 Å². The van der Waals surface area contributed by atoms with Crippen LogP contribution in [0.1, 0.15) is 41.0 Å². The zero-order chi connectivity index (χ0) is 15.5. The van der Waals surface area contributed by atoms with Gasteiger partial charge in [-0.25, -0.2) is 0 Å². The van der Waals surface area contributed by atoms with E-state index in [1.54, 1.807) is 7.05 Å². The van der Waals surface area contributed by atoms with E-state index in [4.69, 9.17) is 4.74 Å². The summed E-state index contributed by atoms with van der Waals surface area (Å²) in [6, 6.07) is 0. The number of likely N-dealkylation sites (N-methyl/N-ethyl adjacent to an activating group) is 2. The van der Waals surface area contributed by atoms with Crippen molar-refractivity contribution in [3.8, 4) is 0 Å². The molecule has 0 fully saturated rings. The van der Waals surface area contributed by atoms with Crippen LogP contribution in [0.25, 0.3) is 0 Å². The molecule has 5 heteroatoms. The van der Waals surface area contributed by atoms with Gasteiger partial charge in [-0.1, -0.05) is 13.5 Å². The zero-order valence-corrected chi connectivity index (χ0v) is 13.1. The molecule has 0 aromatic heterocycles. The molecule has 0 atom stereocenters. The van der Waals surface area contributed by atoms with Crippen molar-refractivity contribution in [2.75, 3.05) is 20.2 Å². The third-order valence-electron chi connectivity index (χ3n) is 2.00. The lowest BCUT2D eigenvalue weighted by molar-refractivity contribution is -0.130. The Hall–Kier alpha value is -1.36. The van der Waals surface area contributed by atoms with Crippen molar-refractivity contribution in [3.05, 3.63) is 12.2 Å². The number of carbonyl (C=O) groups excluding carboxylic acids is 2. The molecule has 0 aliphatic rings.